The van der Waals surface area contributed by atoms with Crippen LogP contribution in [0.5, 0.6) is 0 Å². The molecule has 2 amide bonds. The Balaban J connectivity index is 2.21. The van der Waals surface area contributed by atoms with Crippen LogP contribution in [0.25, 0.3) is 0 Å². The Labute approximate surface area is 121 Å². The lowest BCUT2D eigenvalue weighted by Gasteiger charge is -2.15. The summed E-state index contributed by atoms with van der Waals surface area (Å²) in [7, 11) is 1.17. The summed E-state index contributed by atoms with van der Waals surface area (Å²) in [5.41, 5.74) is 0.269. The summed E-state index contributed by atoms with van der Waals surface area (Å²) in [5, 5.41) is 0. The van der Waals surface area contributed by atoms with E-state index in [4.69, 9.17) is 0 Å². The zero-order valence-corrected chi connectivity index (χ0v) is 12.1. The fraction of sp³-hybridized carbons (Fsp3) is 0.400. The minimum absolute atomic E-state index is 0.00468. The molecule has 2 atom stereocenters. The van der Waals surface area contributed by atoms with Crippen LogP contribution in [0.1, 0.15) is 29.8 Å². The number of halogens is 1. The van der Waals surface area contributed by atoms with Crippen molar-refractivity contribution in [3.05, 3.63) is 35.1 Å². The number of ether oxygens (including phenoxy) is 1. The van der Waals surface area contributed by atoms with Crippen molar-refractivity contribution in [2.45, 2.75) is 20.4 Å². The first-order chi connectivity index (χ1) is 9.86. The van der Waals surface area contributed by atoms with Gasteiger partial charge in [0.2, 0.25) is 11.8 Å². The fourth-order valence-corrected chi connectivity index (χ4v) is 2.30. The molecule has 2 unspecified atom stereocenters. The SMILES string of the molecule is COC(=O)c1ccc(CN2C(=O)C(C)C(C)C2=O)cc1F. The molecule has 112 valence electrons. The van der Waals surface area contributed by atoms with Crippen molar-refractivity contribution in [2.24, 2.45) is 11.8 Å². The van der Waals surface area contributed by atoms with Crippen LogP contribution in [-0.4, -0.2) is 29.8 Å². The van der Waals surface area contributed by atoms with Crippen LogP contribution in [0, 0.1) is 17.7 Å². The van der Waals surface area contributed by atoms with Crippen molar-refractivity contribution >= 4 is 17.8 Å². The third kappa shape index (κ3) is 2.66. The van der Waals surface area contributed by atoms with Crippen molar-refractivity contribution in [3.8, 4) is 0 Å². The molecule has 1 aromatic carbocycles. The highest BCUT2D eigenvalue weighted by Crippen LogP contribution is 2.27. The molecule has 2 rings (SSSR count). The van der Waals surface area contributed by atoms with Crippen LogP contribution in [-0.2, 0) is 20.9 Å². The minimum Gasteiger partial charge on any atom is -0.465 e. The van der Waals surface area contributed by atoms with Crippen LogP contribution < -0.4 is 0 Å². The van der Waals surface area contributed by atoms with E-state index in [2.05, 4.69) is 4.74 Å². The summed E-state index contributed by atoms with van der Waals surface area (Å²) < 4.78 is 18.3. The molecule has 0 spiro atoms. The number of nitrogens with zero attached hydrogens (tertiary/aromatic N) is 1. The van der Waals surface area contributed by atoms with Gasteiger partial charge in [0.25, 0.3) is 0 Å². The van der Waals surface area contributed by atoms with E-state index in [0.717, 1.165) is 11.0 Å². The number of hydrogen-bond acceptors (Lipinski definition) is 4. The van der Waals surface area contributed by atoms with Gasteiger partial charge in [-0.2, -0.15) is 0 Å². The first kappa shape index (κ1) is 15.2. The van der Waals surface area contributed by atoms with Gasteiger partial charge in [0.05, 0.1) is 19.2 Å². The molecule has 0 aliphatic carbocycles. The number of likely N-dealkylation sites (tertiary alicyclic amines) is 1. The molecule has 1 saturated heterocycles. The van der Waals surface area contributed by atoms with Crippen molar-refractivity contribution in [3.63, 3.8) is 0 Å². The first-order valence-corrected chi connectivity index (χ1v) is 6.58. The number of hydrogen-bond donors (Lipinski definition) is 0. The Morgan fingerprint density at radius 2 is 1.81 bits per heavy atom. The van der Waals surface area contributed by atoms with Gasteiger partial charge >= 0.3 is 5.97 Å². The van der Waals surface area contributed by atoms with E-state index in [1.54, 1.807) is 13.8 Å². The van der Waals surface area contributed by atoms with Crippen LogP contribution in [0.2, 0.25) is 0 Å². The summed E-state index contributed by atoms with van der Waals surface area (Å²) in [6.45, 7) is 3.41. The van der Waals surface area contributed by atoms with E-state index in [0.29, 0.717) is 5.56 Å². The molecule has 0 radical (unpaired) electrons. The third-order valence-corrected chi connectivity index (χ3v) is 3.84. The van der Waals surface area contributed by atoms with Gasteiger partial charge in [-0.15, -0.1) is 0 Å². The second kappa shape index (κ2) is 5.63. The lowest BCUT2D eigenvalue weighted by atomic mass is 10.00. The Morgan fingerprint density at radius 1 is 1.24 bits per heavy atom. The summed E-state index contributed by atoms with van der Waals surface area (Å²) in [6, 6.07) is 3.93. The normalized spacial score (nSPS) is 21.8. The predicted molar refractivity (Wildman–Crippen MR) is 71.6 cm³/mol. The van der Waals surface area contributed by atoms with Crippen molar-refractivity contribution < 1.29 is 23.5 Å². The van der Waals surface area contributed by atoms with Gasteiger partial charge in [-0.05, 0) is 17.7 Å². The number of carbonyl (C=O) groups is 3. The lowest BCUT2D eigenvalue weighted by Crippen LogP contribution is -2.30. The number of methoxy groups -OCH3 is 1. The standard InChI is InChI=1S/C15H16FNO4/c1-8-9(2)14(19)17(13(8)18)7-10-4-5-11(12(16)6-10)15(20)21-3/h4-6,8-9H,7H2,1-3H3. The molecule has 6 heteroatoms. The maximum Gasteiger partial charge on any atom is 0.340 e. The molecule has 1 aromatic rings. The minimum atomic E-state index is -0.769. The van der Waals surface area contributed by atoms with Crippen LogP contribution in [0.3, 0.4) is 0 Å². The van der Waals surface area contributed by atoms with E-state index in [-0.39, 0.29) is 35.8 Å². The molecule has 0 aromatic heterocycles. The van der Waals surface area contributed by atoms with Gasteiger partial charge in [0.15, 0.2) is 0 Å². The van der Waals surface area contributed by atoms with E-state index in [1.165, 1.54) is 19.2 Å². The van der Waals surface area contributed by atoms with Gasteiger partial charge in [0.1, 0.15) is 5.82 Å². The fourth-order valence-electron chi connectivity index (χ4n) is 2.30. The Bertz CT molecular complexity index is 594. The average molecular weight is 293 g/mol. The number of amides is 2. The Morgan fingerprint density at radius 3 is 2.29 bits per heavy atom. The topological polar surface area (TPSA) is 63.7 Å². The number of imide groups is 1. The summed E-state index contributed by atoms with van der Waals surface area (Å²) >= 11 is 0. The Kier molecular flexibility index (Phi) is 4.06. The molecule has 0 bridgehead atoms. The smallest absolute Gasteiger partial charge is 0.340 e. The third-order valence-electron chi connectivity index (χ3n) is 3.84. The van der Waals surface area contributed by atoms with E-state index < -0.39 is 11.8 Å². The second-order valence-corrected chi connectivity index (χ2v) is 5.15. The molecular weight excluding hydrogens is 277 g/mol. The van der Waals surface area contributed by atoms with Gasteiger partial charge in [0, 0.05) is 11.8 Å². The highest BCUT2D eigenvalue weighted by atomic mass is 19.1. The molecule has 1 aliphatic heterocycles. The second-order valence-electron chi connectivity index (χ2n) is 5.15. The Hall–Kier alpha value is -2.24. The highest BCUT2D eigenvalue weighted by molar-refractivity contribution is 6.04. The maximum absolute atomic E-state index is 13.8. The van der Waals surface area contributed by atoms with Crippen LogP contribution in [0.15, 0.2) is 18.2 Å². The summed E-state index contributed by atoms with van der Waals surface area (Å²) in [4.78, 5) is 36.4. The van der Waals surface area contributed by atoms with Crippen molar-refractivity contribution in [1.29, 1.82) is 0 Å². The lowest BCUT2D eigenvalue weighted by molar-refractivity contribution is -0.140. The zero-order chi connectivity index (χ0) is 15.7. The van der Waals surface area contributed by atoms with Crippen LogP contribution >= 0.6 is 0 Å². The maximum atomic E-state index is 13.8. The number of benzene rings is 1. The van der Waals surface area contributed by atoms with Crippen molar-refractivity contribution in [2.75, 3.05) is 7.11 Å². The predicted octanol–water partition coefficient (Wildman–Crippen LogP) is 1.75. The van der Waals surface area contributed by atoms with E-state index >= 15 is 0 Å². The van der Waals surface area contributed by atoms with Gasteiger partial charge in [-0.1, -0.05) is 19.9 Å². The number of rotatable bonds is 3. The largest absolute Gasteiger partial charge is 0.465 e. The first-order valence-electron chi connectivity index (χ1n) is 6.58. The molecule has 21 heavy (non-hydrogen) atoms. The molecule has 0 saturated carbocycles. The summed E-state index contributed by atoms with van der Waals surface area (Å²) in [5.74, 6) is -2.75. The summed E-state index contributed by atoms with van der Waals surface area (Å²) in [6.07, 6.45) is 0. The molecular formula is C15H16FNO4. The van der Waals surface area contributed by atoms with Gasteiger partial charge in [-0.3, -0.25) is 14.5 Å². The zero-order valence-electron chi connectivity index (χ0n) is 12.1. The number of carbonyl (C=O) groups excluding carboxylic acids is 3. The van der Waals surface area contributed by atoms with Gasteiger partial charge < -0.3 is 4.74 Å². The molecule has 1 heterocycles. The van der Waals surface area contributed by atoms with Crippen LogP contribution in [0.4, 0.5) is 4.39 Å². The molecule has 1 aliphatic rings. The van der Waals surface area contributed by atoms with Crippen molar-refractivity contribution in [1.82, 2.24) is 4.90 Å². The number of esters is 1. The monoisotopic (exact) mass is 293 g/mol. The quantitative estimate of drug-likeness (QED) is 0.629. The van der Waals surface area contributed by atoms with E-state index in [9.17, 15) is 18.8 Å². The van der Waals surface area contributed by atoms with E-state index in [1.807, 2.05) is 0 Å². The molecule has 0 N–H and O–H groups in total. The average Bonchev–Trinajstić information content (AvgIpc) is 2.64. The highest BCUT2D eigenvalue weighted by Gasteiger charge is 2.42. The molecule has 5 nitrogen and oxygen atoms in total. The van der Waals surface area contributed by atoms with Gasteiger partial charge in [-0.25, -0.2) is 9.18 Å². The molecule has 1 fully saturated rings.